The quantitative estimate of drug-likeness (QED) is 0.511. The van der Waals surface area contributed by atoms with Gasteiger partial charge in [-0.2, -0.15) is 0 Å². The molecule has 0 fully saturated rings. The predicted octanol–water partition coefficient (Wildman–Crippen LogP) is 6.13. The van der Waals surface area contributed by atoms with Crippen LogP contribution in [0.4, 0.5) is 0 Å². The molecule has 1 aliphatic heterocycles. The SMILES string of the molecule is Cc1ccc(C)[nH]1.Cc1ccc(C)s1.Cc1sc(C)c2c1OCCO2. The maximum absolute atomic E-state index is 5.46. The zero-order valence-electron chi connectivity index (χ0n) is 15.9. The molecule has 3 aromatic rings. The van der Waals surface area contributed by atoms with E-state index in [1.807, 2.05) is 25.2 Å². The number of ether oxygens (including phenoxy) is 2. The van der Waals surface area contributed by atoms with Gasteiger partial charge in [-0.05, 0) is 65.8 Å². The molecular formula is C20H27NO2S2. The number of rotatable bonds is 0. The van der Waals surface area contributed by atoms with Crippen molar-refractivity contribution in [2.24, 2.45) is 0 Å². The number of thiophene rings is 2. The van der Waals surface area contributed by atoms with E-state index in [0.29, 0.717) is 13.2 Å². The lowest BCUT2D eigenvalue weighted by Crippen LogP contribution is -2.14. The number of aromatic amines is 1. The van der Waals surface area contributed by atoms with E-state index in [1.54, 1.807) is 11.3 Å². The van der Waals surface area contributed by atoms with Gasteiger partial charge in [-0.25, -0.2) is 0 Å². The fourth-order valence-corrected chi connectivity index (χ4v) is 4.19. The van der Waals surface area contributed by atoms with Crippen LogP contribution in [-0.4, -0.2) is 18.2 Å². The van der Waals surface area contributed by atoms with Crippen molar-refractivity contribution in [3.63, 3.8) is 0 Å². The lowest BCUT2D eigenvalue weighted by atomic mass is 10.3. The van der Waals surface area contributed by atoms with Crippen molar-refractivity contribution in [1.82, 2.24) is 4.98 Å². The minimum atomic E-state index is 0.685. The number of aromatic nitrogens is 1. The first kappa shape index (κ1) is 19.6. The average Bonchev–Trinajstić information content (AvgIpc) is 3.22. The monoisotopic (exact) mass is 377 g/mol. The summed E-state index contributed by atoms with van der Waals surface area (Å²) in [5.74, 6) is 1.91. The van der Waals surface area contributed by atoms with Crippen LogP contribution in [0.5, 0.6) is 11.5 Å². The first-order valence-electron chi connectivity index (χ1n) is 8.37. The van der Waals surface area contributed by atoms with Crippen LogP contribution in [0.3, 0.4) is 0 Å². The van der Waals surface area contributed by atoms with Crippen LogP contribution in [-0.2, 0) is 0 Å². The Labute approximate surface area is 158 Å². The molecule has 0 saturated heterocycles. The average molecular weight is 378 g/mol. The van der Waals surface area contributed by atoms with Gasteiger partial charge in [0.25, 0.3) is 0 Å². The second-order valence-corrected chi connectivity index (χ2v) is 8.97. The van der Waals surface area contributed by atoms with Crippen LogP contribution in [0.25, 0.3) is 0 Å². The van der Waals surface area contributed by atoms with Crippen molar-refractivity contribution in [1.29, 1.82) is 0 Å². The molecule has 5 heteroatoms. The topological polar surface area (TPSA) is 34.2 Å². The smallest absolute Gasteiger partial charge is 0.175 e. The molecule has 136 valence electrons. The van der Waals surface area contributed by atoms with Crippen molar-refractivity contribution in [3.05, 3.63) is 55.2 Å². The summed E-state index contributed by atoms with van der Waals surface area (Å²) in [6.45, 7) is 13.8. The van der Waals surface area contributed by atoms with E-state index in [2.05, 4.69) is 56.9 Å². The summed E-state index contributed by atoms with van der Waals surface area (Å²) in [5.41, 5.74) is 2.47. The van der Waals surface area contributed by atoms with Crippen LogP contribution >= 0.6 is 22.7 Å². The van der Waals surface area contributed by atoms with Gasteiger partial charge in [0.1, 0.15) is 13.2 Å². The molecule has 0 spiro atoms. The maximum atomic E-state index is 5.46. The van der Waals surface area contributed by atoms with Gasteiger partial charge < -0.3 is 14.5 Å². The Balaban J connectivity index is 0.000000142. The lowest BCUT2D eigenvalue weighted by Gasteiger charge is -2.15. The normalized spacial score (nSPS) is 11.9. The third-order valence-electron chi connectivity index (χ3n) is 3.58. The van der Waals surface area contributed by atoms with Crippen molar-refractivity contribution in [3.8, 4) is 11.5 Å². The molecule has 0 aromatic carbocycles. The Bertz CT molecular complexity index is 701. The molecule has 25 heavy (non-hydrogen) atoms. The fourth-order valence-electron chi connectivity index (χ4n) is 2.46. The van der Waals surface area contributed by atoms with E-state index in [4.69, 9.17) is 9.47 Å². The van der Waals surface area contributed by atoms with E-state index >= 15 is 0 Å². The van der Waals surface area contributed by atoms with Crippen molar-refractivity contribution in [2.45, 2.75) is 41.5 Å². The number of aryl methyl sites for hydroxylation is 6. The summed E-state index contributed by atoms with van der Waals surface area (Å²) in [4.78, 5) is 8.38. The summed E-state index contributed by atoms with van der Waals surface area (Å²) in [6.07, 6.45) is 0. The highest BCUT2D eigenvalue weighted by atomic mass is 32.1. The van der Waals surface area contributed by atoms with Crippen LogP contribution in [0.2, 0.25) is 0 Å². The Morgan fingerprint density at radius 3 is 1.40 bits per heavy atom. The van der Waals surface area contributed by atoms with Gasteiger partial charge in [0.05, 0.1) is 0 Å². The maximum Gasteiger partial charge on any atom is 0.175 e. The summed E-state index contributed by atoms with van der Waals surface area (Å²) in [7, 11) is 0. The molecule has 0 radical (unpaired) electrons. The zero-order valence-corrected chi connectivity index (χ0v) is 17.5. The minimum Gasteiger partial charge on any atom is -0.485 e. The van der Waals surface area contributed by atoms with Gasteiger partial charge in [-0.1, -0.05) is 0 Å². The molecule has 0 aliphatic carbocycles. The standard InChI is InChI=1S/C8H10O2S.C6H9N.C6H8S/c1-5-7-8(6(2)11-5)10-4-3-9-7;2*1-5-3-4-6(2)7-5/h3-4H2,1-2H3;3-4,7H,1-2H3;3-4H,1-2H3. The summed E-state index contributed by atoms with van der Waals surface area (Å²) < 4.78 is 10.9. The Hall–Kier alpha value is -1.72. The van der Waals surface area contributed by atoms with Gasteiger partial charge in [0, 0.05) is 30.9 Å². The highest BCUT2D eigenvalue weighted by Crippen LogP contribution is 2.42. The molecule has 0 bridgehead atoms. The predicted molar refractivity (Wildman–Crippen MR) is 109 cm³/mol. The molecule has 1 N–H and O–H groups in total. The van der Waals surface area contributed by atoms with Gasteiger partial charge in [-0.15, -0.1) is 22.7 Å². The van der Waals surface area contributed by atoms with Crippen molar-refractivity contribution < 1.29 is 9.47 Å². The van der Waals surface area contributed by atoms with Gasteiger partial charge in [-0.3, -0.25) is 0 Å². The fraction of sp³-hybridized carbons (Fsp3) is 0.400. The molecule has 1 aliphatic rings. The third kappa shape index (κ3) is 5.94. The molecule has 0 saturated carbocycles. The molecule has 4 heterocycles. The first-order valence-corrected chi connectivity index (χ1v) is 10.0. The number of H-pyrrole nitrogens is 1. The van der Waals surface area contributed by atoms with Crippen LogP contribution in [0, 0.1) is 41.5 Å². The Kier molecular flexibility index (Phi) is 7.14. The lowest BCUT2D eigenvalue weighted by molar-refractivity contribution is 0.171. The Morgan fingerprint density at radius 2 is 1.12 bits per heavy atom. The second kappa shape index (κ2) is 9.11. The molecule has 3 nitrogen and oxygen atoms in total. The first-order chi connectivity index (χ1) is 11.9. The zero-order chi connectivity index (χ0) is 18.4. The van der Waals surface area contributed by atoms with E-state index in [9.17, 15) is 0 Å². The molecule has 3 aromatic heterocycles. The van der Waals surface area contributed by atoms with E-state index < -0.39 is 0 Å². The van der Waals surface area contributed by atoms with Crippen molar-refractivity contribution in [2.75, 3.05) is 13.2 Å². The summed E-state index contributed by atoms with van der Waals surface area (Å²) in [6, 6.07) is 8.41. The number of fused-ring (bicyclic) bond motifs is 1. The second-order valence-electron chi connectivity index (χ2n) is 6.05. The highest BCUT2D eigenvalue weighted by molar-refractivity contribution is 7.12. The molecule has 0 atom stereocenters. The van der Waals surface area contributed by atoms with Crippen molar-refractivity contribution >= 4 is 22.7 Å². The van der Waals surface area contributed by atoms with Crippen LogP contribution in [0.1, 0.15) is 30.9 Å². The number of hydrogen-bond acceptors (Lipinski definition) is 4. The highest BCUT2D eigenvalue weighted by Gasteiger charge is 2.19. The van der Waals surface area contributed by atoms with Gasteiger partial charge in [0.15, 0.2) is 11.5 Å². The largest absolute Gasteiger partial charge is 0.485 e. The number of nitrogens with one attached hydrogen (secondary N) is 1. The molecular weight excluding hydrogens is 350 g/mol. The third-order valence-corrected chi connectivity index (χ3v) is 5.48. The van der Waals surface area contributed by atoms with Gasteiger partial charge in [0.2, 0.25) is 0 Å². The molecule has 0 amide bonds. The molecule has 4 rings (SSSR count). The van der Waals surface area contributed by atoms with Gasteiger partial charge >= 0.3 is 0 Å². The van der Waals surface area contributed by atoms with Crippen LogP contribution < -0.4 is 9.47 Å². The van der Waals surface area contributed by atoms with Crippen LogP contribution in [0.15, 0.2) is 24.3 Å². The van der Waals surface area contributed by atoms with E-state index in [-0.39, 0.29) is 0 Å². The minimum absolute atomic E-state index is 0.685. The van der Waals surface area contributed by atoms with E-state index in [1.165, 1.54) is 30.9 Å². The van der Waals surface area contributed by atoms with E-state index in [0.717, 1.165) is 11.5 Å². The number of hydrogen-bond donors (Lipinski definition) is 1. The molecule has 0 unspecified atom stereocenters. The summed E-state index contributed by atoms with van der Waals surface area (Å²) >= 11 is 3.58. The Morgan fingerprint density at radius 1 is 0.680 bits per heavy atom. The summed E-state index contributed by atoms with van der Waals surface area (Å²) in [5, 5.41) is 0.